The Morgan fingerprint density at radius 2 is 1.57 bits per heavy atom. The van der Waals surface area contributed by atoms with Gasteiger partial charge in [0.1, 0.15) is 17.2 Å². The van der Waals surface area contributed by atoms with Crippen molar-refractivity contribution in [2.75, 3.05) is 5.32 Å². The predicted octanol–water partition coefficient (Wildman–Crippen LogP) is 7.10. The molecule has 9 heteroatoms. The third-order valence-electron chi connectivity index (χ3n) is 5.44. The number of carbonyl (C=O) groups excluding carboxylic acids is 1. The second-order valence-electron chi connectivity index (χ2n) is 8.02. The van der Waals surface area contributed by atoms with Crippen LogP contribution in [0.4, 0.5) is 11.4 Å². The van der Waals surface area contributed by atoms with E-state index in [0.29, 0.717) is 17.0 Å². The molecule has 0 aliphatic rings. The van der Waals surface area contributed by atoms with Gasteiger partial charge in [-0.25, -0.2) is 4.68 Å². The van der Waals surface area contributed by atoms with Crippen molar-refractivity contribution in [2.24, 2.45) is 0 Å². The van der Waals surface area contributed by atoms with Gasteiger partial charge in [0, 0.05) is 27.5 Å². The van der Waals surface area contributed by atoms with E-state index in [2.05, 4.69) is 33.0 Å². The van der Waals surface area contributed by atoms with Crippen LogP contribution in [0.5, 0.6) is 11.5 Å². The zero-order valence-electron chi connectivity index (χ0n) is 19.2. The molecule has 0 atom stereocenters. The van der Waals surface area contributed by atoms with Gasteiger partial charge in [-0.3, -0.25) is 14.9 Å². The van der Waals surface area contributed by atoms with Crippen molar-refractivity contribution in [1.29, 1.82) is 0 Å². The number of nitrogens with one attached hydrogen (secondary N) is 1. The quantitative estimate of drug-likeness (QED) is 0.122. The number of non-ortho nitro benzene ring substituents is 1. The van der Waals surface area contributed by atoms with Crippen LogP contribution >= 0.6 is 22.6 Å². The van der Waals surface area contributed by atoms with E-state index in [4.69, 9.17) is 4.74 Å². The molecular formula is C28H19IN4O4. The van der Waals surface area contributed by atoms with Crippen molar-refractivity contribution in [3.8, 4) is 28.4 Å². The topological polar surface area (TPSA) is 99.3 Å². The molecule has 5 aromatic rings. The summed E-state index contributed by atoms with van der Waals surface area (Å²) in [6.45, 7) is 0. The number of halogens is 1. The Morgan fingerprint density at radius 3 is 2.24 bits per heavy atom. The first-order valence-electron chi connectivity index (χ1n) is 11.2. The Bertz CT molecular complexity index is 1570. The molecule has 0 bridgehead atoms. The van der Waals surface area contributed by atoms with Crippen LogP contribution < -0.4 is 10.1 Å². The highest BCUT2D eigenvalue weighted by atomic mass is 127. The largest absolute Gasteiger partial charge is 0.457 e. The van der Waals surface area contributed by atoms with Crippen molar-refractivity contribution < 1.29 is 14.5 Å². The summed E-state index contributed by atoms with van der Waals surface area (Å²) in [5, 5.41) is 19.0. The maximum Gasteiger partial charge on any atom is 0.275 e. The number of carbonyl (C=O) groups is 1. The lowest BCUT2D eigenvalue weighted by Crippen LogP contribution is -2.12. The normalized spacial score (nSPS) is 10.6. The highest BCUT2D eigenvalue weighted by Crippen LogP contribution is 2.31. The van der Waals surface area contributed by atoms with Gasteiger partial charge in [-0.15, -0.1) is 0 Å². The van der Waals surface area contributed by atoms with Crippen molar-refractivity contribution in [1.82, 2.24) is 9.78 Å². The Labute approximate surface area is 225 Å². The zero-order valence-corrected chi connectivity index (χ0v) is 21.4. The van der Waals surface area contributed by atoms with Gasteiger partial charge in [0.25, 0.3) is 11.6 Å². The maximum atomic E-state index is 13.5. The minimum atomic E-state index is -0.528. The van der Waals surface area contributed by atoms with Gasteiger partial charge >= 0.3 is 0 Å². The highest BCUT2D eigenvalue weighted by molar-refractivity contribution is 14.1. The SMILES string of the molecule is O=C(Nc1cc(Oc2ccc(I)cc2)cc([N+](=O)[O-])c1)c1cn(-c2ccccc2)nc1-c1ccccc1. The minimum Gasteiger partial charge on any atom is -0.457 e. The van der Waals surface area contributed by atoms with E-state index in [1.54, 1.807) is 29.1 Å². The average molecular weight is 602 g/mol. The zero-order chi connectivity index (χ0) is 25.8. The number of nitro benzene ring substituents is 1. The van der Waals surface area contributed by atoms with Gasteiger partial charge in [-0.05, 0) is 59.0 Å². The number of benzene rings is 4. The van der Waals surface area contributed by atoms with Crippen LogP contribution in [0, 0.1) is 13.7 Å². The van der Waals surface area contributed by atoms with Crippen molar-refractivity contribution in [2.45, 2.75) is 0 Å². The van der Waals surface area contributed by atoms with Gasteiger partial charge in [0.05, 0.1) is 27.9 Å². The van der Waals surface area contributed by atoms with E-state index in [0.717, 1.165) is 14.8 Å². The number of para-hydroxylation sites is 1. The van der Waals surface area contributed by atoms with Crippen LogP contribution in [-0.4, -0.2) is 20.6 Å². The molecule has 1 amide bonds. The summed E-state index contributed by atoms with van der Waals surface area (Å²) < 4.78 is 8.50. The number of hydrogen-bond donors (Lipinski definition) is 1. The average Bonchev–Trinajstić information content (AvgIpc) is 3.37. The van der Waals surface area contributed by atoms with Gasteiger partial charge in [-0.1, -0.05) is 48.5 Å². The van der Waals surface area contributed by atoms with Crippen molar-refractivity contribution in [3.05, 3.63) is 129 Å². The van der Waals surface area contributed by atoms with E-state index in [1.165, 1.54) is 12.1 Å². The van der Waals surface area contributed by atoms with Gasteiger partial charge in [0.15, 0.2) is 0 Å². The van der Waals surface area contributed by atoms with Gasteiger partial charge < -0.3 is 10.1 Å². The number of aromatic nitrogens is 2. The molecule has 0 saturated heterocycles. The van der Waals surface area contributed by atoms with E-state index in [-0.39, 0.29) is 17.1 Å². The number of nitrogens with zero attached hydrogens (tertiary/aromatic N) is 3. The third-order valence-corrected chi connectivity index (χ3v) is 6.16. The molecule has 0 radical (unpaired) electrons. The maximum absolute atomic E-state index is 13.5. The molecule has 4 aromatic carbocycles. The standard InChI is InChI=1S/C28H19IN4O4/c29-20-11-13-24(14-12-20)37-25-16-21(15-23(17-25)33(35)36)30-28(34)26-18-32(22-9-5-2-6-10-22)31-27(26)19-7-3-1-4-8-19/h1-18H,(H,30,34). The Kier molecular flexibility index (Phi) is 6.95. The molecular weight excluding hydrogens is 583 g/mol. The van der Waals surface area contributed by atoms with Crippen molar-refractivity contribution in [3.63, 3.8) is 0 Å². The molecule has 0 fully saturated rings. The molecule has 0 aliphatic heterocycles. The summed E-state index contributed by atoms with van der Waals surface area (Å²) in [4.78, 5) is 24.5. The summed E-state index contributed by atoms with van der Waals surface area (Å²) in [5.74, 6) is 0.296. The lowest BCUT2D eigenvalue weighted by Gasteiger charge is -2.10. The molecule has 1 aromatic heterocycles. The van der Waals surface area contributed by atoms with Crippen LogP contribution in [0.3, 0.4) is 0 Å². The van der Waals surface area contributed by atoms with Gasteiger partial charge in [-0.2, -0.15) is 5.10 Å². The summed E-state index contributed by atoms with van der Waals surface area (Å²) >= 11 is 2.18. The Morgan fingerprint density at radius 1 is 0.892 bits per heavy atom. The summed E-state index contributed by atoms with van der Waals surface area (Å²) in [6.07, 6.45) is 1.65. The van der Waals surface area contributed by atoms with Crippen LogP contribution in [-0.2, 0) is 0 Å². The van der Waals surface area contributed by atoms with Crippen LogP contribution in [0.2, 0.25) is 0 Å². The first-order chi connectivity index (χ1) is 18.0. The first-order valence-corrected chi connectivity index (χ1v) is 12.3. The number of ether oxygens (including phenoxy) is 1. The van der Waals surface area contributed by atoms with Crippen LogP contribution in [0.1, 0.15) is 10.4 Å². The number of amides is 1. The molecule has 5 rings (SSSR count). The molecule has 1 heterocycles. The monoisotopic (exact) mass is 602 g/mol. The third kappa shape index (κ3) is 5.67. The van der Waals surface area contributed by atoms with E-state index < -0.39 is 10.8 Å². The number of nitro groups is 1. The predicted molar refractivity (Wildman–Crippen MR) is 149 cm³/mol. The van der Waals surface area contributed by atoms with Crippen molar-refractivity contribution >= 4 is 39.9 Å². The summed E-state index contributed by atoms with van der Waals surface area (Å²) in [5.41, 5.74) is 2.39. The number of anilines is 1. The lowest BCUT2D eigenvalue weighted by molar-refractivity contribution is -0.384. The number of hydrogen-bond acceptors (Lipinski definition) is 5. The van der Waals surface area contributed by atoms with Crippen LogP contribution in [0.15, 0.2) is 109 Å². The molecule has 37 heavy (non-hydrogen) atoms. The minimum absolute atomic E-state index is 0.207. The molecule has 0 aliphatic carbocycles. The highest BCUT2D eigenvalue weighted by Gasteiger charge is 2.20. The van der Waals surface area contributed by atoms with Crippen LogP contribution in [0.25, 0.3) is 16.9 Å². The fourth-order valence-electron chi connectivity index (χ4n) is 3.72. The Hall–Kier alpha value is -4.51. The molecule has 0 saturated carbocycles. The molecule has 8 nitrogen and oxygen atoms in total. The fourth-order valence-corrected chi connectivity index (χ4v) is 4.08. The second-order valence-corrected chi connectivity index (χ2v) is 9.27. The summed E-state index contributed by atoms with van der Waals surface area (Å²) in [7, 11) is 0. The fraction of sp³-hybridized carbons (Fsp3) is 0. The number of rotatable bonds is 7. The summed E-state index contributed by atoms with van der Waals surface area (Å²) in [6, 6.07) is 30.2. The van der Waals surface area contributed by atoms with E-state index in [1.807, 2.05) is 72.8 Å². The second kappa shape index (κ2) is 10.6. The molecule has 1 N–H and O–H groups in total. The first kappa shape index (κ1) is 24.2. The smallest absolute Gasteiger partial charge is 0.275 e. The lowest BCUT2D eigenvalue weighted by atomic mass is 10.1. The molecule has 0 spiro atoms. The Balaban J connectivity index is 1.50. The molecule has 182 valence electrons. The van der Waals surface area contributed by atoms with E-state index >= 15 is 0 Å². The van der Waals surface area contributed by atoms with Gasteiger partial charge in [0.2, 0.25) is 0 Å². The molecule has 0 unspecified atom stereocenters. The van der Waals surface area contributed by atoms with E-state index in [9.17, 15) is 14.9 Å².